The second kappa shape index (κ2) is 5.11. The molecule has 1 aliphatic heterocycles. The van der Waals surface area contributed by atoms with Gasteiger partial charge in [-0.3, -0.25) is 4.79 Å². The highest BCUT2D eigenvalue weighted by atomic mass is 16.5. The van der Waals surface area contributed by atoms with E-state index in [1.165, 1.54) is 0 Å². The van der Waals surface area contributed by atoms with Gasteiger partial charge in [-0.15, -0.1) is 0 Å². The van der Waals surface area contributed by atoms with Crippen LogP contribution in [0.15, 0.2) is 0 Å². The molecule has 1 fully saturated rings. The van der Waals surface area contributed by atoms with Crippen LogP contribution in [0.25, 0.3) is 0 Å². The van der Waals surface area contributed by atoms with Crippen LogP contribution >= 0.6 is 0 Å². The second-order valence-corrected chi connectivity index (χ2v) is 3.08. The number of rotatable bonds is 1. The molecule has 0 aliphatic carbocycles. The van der Waals surface area contributed by atoms with Gasteiger partial charge in [0.25, 0.3) is 5.97 Å². The Kier molecular flexibility index (Phi) is 4.85. The van der Waals surface area contributed by atoms with Gasteiger partial charge in [0.05, 0.1) is 12.2 Å². The summed E-state index contributed by atoms with van der Waals surface area (Å²) in [6.07, 6.45) is 2.10. The van der Waals surface area contributed by atoms with Gasteiger partial charge in [-0.2, -0.15) is 0 Å². The molecule has 1 unspecified atom stereocenters. The number of hydrogen-bond acceptors (Lipinski definition) is 3. The van der Waals surface area contributed by atoms with Crippen LogP contribution in [0.2, 0.25) is 0 Å². The van der Waals surface area contributed by atoms with E-state index >= 15 is 0 Å². The van der Waals surface area contributed by atoms with Crippen LogP contribution in [-0.4, -0.2) is 35.0 Å². The third-order valence-corrected chi connectivity index (χ3v) is 1.63. The Morgan fingerprint density at radius 2 is 2.17 bits per heavy atom. The normalized spacial score (nSPS) is 27.6. The van der Waals surface area contributed by atoms with Crippen molar-refractivity contribution in [1.82, 2.24) is 0 Å². The first-order valence-electron chi connectivity index (χ1n) is 3.94. The first kappa shape index (κ1) is 11.4. The number of carboxylic acid groups (broad SMARTS) is 1. The third kappa shape index (κ3) is 5.09. The van der Waals surface area contributed by atoms with Crippen molar-refractivity contribution >= 4 is 5.97 Å². The molecule has 12 heavy (non-hydrogen) atoms. The van der Waals surface area contributed by atoms with Crippen LogP contribution in [0, 0.1) is 0 Å². The zero-order valence-electron chi connectivity index (χ0n) is 7.54. The van der Waals surface area contributed by atoms with Crippen molar-refractivity contribution in [2.75, 3.05) is 13.2 Å². The molecule has 72 valence electrons. The lowest BCUT2D eigenvalue weighted by Gasteiger charge is -2.18. The van der Waals surface area contributed by atoms with Gasteiger partial charge >= 0.3 is 0 Å². The van der Waals surface area contributed by atoms with Crippen molar-refractivity contribution in [2.45, 2.75) is 32.3 Å². The summed E-state index contributed by atoms with van der Waals surface area (Å²) >= 11 is 0. The average molecular weight is 176 g/mol. The molecule has 4 nitrogen and oxygen atoms in total. The van der Waals surface area contributed by atoms with Crippen molar-refractivity contribution < 1.29 is 19.7 Å². The molecule has 1 heterocycles. The van der Waals surface area contributed by atoms with E-state index in [0.717, 1.165) is 26.4 Å². The van der Waals surface area contributed by atoms with Gasteiger partial charge in [0.1, 0.15) is 0 Å². The molecule has 1 rings (SSSR count). The molecule has 0 radical (unpaired) electrons. The molecule has 0 aromatic rings. The van der Waals surface area contributed by atoms with Crippen molar-refractivity contribution in [2.24, 2.45) is 0 Å². The summed E-state index contributed by atoms with van der Waals surface area (Å²) in [5.74, 6) is -0.833. The van der Waals surface area contributed by atoms with E-state index in [2.05, 4.69) is 0 Å². The number of hydrogen-bond donors (Lipinski definition) is 2. The quantitative estimate of drug-likeness (QED) is 0.615. The Bertz CT molecular complexity index is 134. The predicted molar refractivity (Wildman–Crippen MR) is 44.0 cm³/mol. The van der Waals surface area contributed by atoms with Crippen molar-refractivity contribution in [3.63, 3.8) is 0 Å². The van der Waals surface area contributed by atoms with Crippen molar-refractivity contribution in [3.05, 3.63) is 0 Å². The number of aliphatic hydroxyl groups excluding tert-OH is 1. The summed E-state index contributed by atoms with van der Waals surface area (Å²) in [5.41, 5.74) is -0.208. The van der Waals surface area contributed by atoms with Gasteiger partial charge in [-0.1, -0.05) is 0 Å². The van der Waals surface area contributed by atoms with E-state index in [0.29, 0.717) is 0 Å². The summed E-state index contributed by atoms with van der Waals surface area (Å²) in [7, 11) is 0. The zero-order valence-corrected chi connectivity index (χ0v) is 7.54. The Morgan fingerprint density at radius 3 is 2.33 bits per heavy atom. The minimum atomic E-state index is -0.833. The zero-order chi connectivity index (χ0) is 9.61. The maximum Gasteiger partial charge on any atom is 0.300 e. The molecular formula is C8H16O4. The third-order valence-electron chi connectivity index (χ3n) is 1.63. The van der Waals surface area contributed by atoms with Crippen LogP contribution in [0.5, 0.6) is 0 Å². The highest BCUT2D eigenvalue weighted by Gasteiger charge is 2.28. The molecule has 0 spiro atoms. The number of aliphatic hydroxyl groups is 1. The predicted octanol–water partition coefficient (Wildman–Crippen LogP) is 0.639. The van der Waals surface area contributed by atoms with Gasteiger partial charge in [0, 0.05) is 13.5 Å². The van der Waals surface area contributed by atoms with E-state index in [-0.39, 0.29) is 12.2 Å². The maximum absolute atomic E-state index is 9.00. The van der Waals surface area contributed by atoms with E-state index in [9.17, 15) is 0 Å². The van der Waals surface area contributed by atoms with Gasteiger partial charge in [0.2, 0.25) is 0 Å². The Hall–Kier alpha value is -0.610. The van der Waals surface area contributed by atoms with Crippen LogP contribution in [0.4, 0.5) is 0 Å². The summed E-state index contributed by atoms with van der Waals surface area (Å²) in [5, 5.41) is 16.1. The average Bonchev–Trinajstić information content (AvgIpc) is 2.36. The van der Waals surface area contributed by atoms with E-state index in [1.807, 2.05) is 6.92 Å². The fourth-order valence-electron chi connectivity index (χ4n) is 0.962. The van der Waals surface area contributed by atoms with E-state index < -0.39 is 5.97 Å². The van der Waals surface area contributed by atoms with E-state index in [4.69, 9.17) is 19.7 Å². The van der Waals surface area contributed by atoms with Crippen LogP contribution < -0.4 is 0 Å². The topological polar surface area (TPSA) is 66.8 Å². The SMILES string of the molecule is CC(=O)O.CC1(CO)CCCO1. The monoisotopic (exact) mass is 176 g/mol. The summed E-state index contributed by atoms with van der Waals surface area (Å²) in [6, 6.07) is 0. The minimum Gasteiger partial charge on any atom is -0.481 e. The highest BCUT2D eigenvalue weighted by molar-refractivity contribution is 5.62. The Labute approximate surface area is 72.2 Å². The van der Waals surface area contributed by atoms with E-state index in [1.54, 1.807) is 0 Å². The number of ether oxygens (including phenoxy) is 1. The van der Waals surface area contributed by atoms with Crippen molar-refractivity contribution in [1.29, 1.82) is 0 Å². The van der Waals surface area contributed by atoms with Gasteiger partial charge < -0.3 is 14.9 Å². The van der Waals surface area contributed by atoms with Gasteiger partial charge in [-0.25, -0.2) is 0 Å². The maximum atomic E-state index is 9.00. The molecule has 1 atom stereocenters. The standard InChI is InChI=1S/C6H12O2.C2H4O2/c1-6(5-7)3-2-4-8-6;1-2(3)4/h7H,2-5H2,1H3;1H3,(H,3,4). The van der Waals surface area contributed by atoms with Crippen LogP contribution in [0.1, 0.15) is 26.7 Å². The molecule has 0 aromatic carbocycles. The molecule has 0 aromatic heterocycles. The lowest BCUT2D eigenvalue weighted by atomic mass is 10.1. The Morgan fingerprint density at radius 1 is 1.67 bits per heavy atom. The fraction of sp³-hybridized carbons (Fsp3) is 0.875. The summed E-state index contributed by atoms with van der Waals surface area (Å²) in [4.78, 5) is 9.00. The molecule has 1 saturated heterocycles. The second-order valence-electron chi connectivity index (χ2n) is 3.08. The smallest absolute Gasteiger partial charge is 0.300 e. The summed E-state index contributed by atoms with van der Waals surface area (Å²) in [6.45, 7) is 4.00. The molecule has 0 saturated carbocycles. The van der Waals surface area contributed by atoms with Crippen molar-refractivity contribution in [3.8, 4) is 0 Å². The van der Waals surface area contributed by atoms with Gasteiger partial charge in [-0.05, 0) is 19.8 Å². The lowest BCUT2D eigenvalue weighted by Crippen LogP contribution is -2.27. The first-order valence-corrected chi connectivity index (χ1v) is 3.94. The number of aliphatic carboxylic acids is 1. The Balaban J connectivity index is 0.000000261. The molecule has 1 aliphatic rings. The highest BCUT2D eigenvalue weighted by Crippen LogP contribution is 2.23. The number of carbonyl (C=O) groups is 1. The lowest BCUT2D eigenvalue weighted by molar-refractivity contribution is -0.134. The molecule has 2 N–H and O–H groups in total. The van der Waals surface area contributed by atoms with Gasteiger partial charge in [0.15, 0.2) is 0 Å². The van der Waals surface area contributed by atoms with Crippen LogP contribution in [-0.2, 0) is 9.53 Å². The molecule has 0 amide bonds. The molecule has 4 heteroatoms. The molecular weight excluding hydrogens is 160 g/mol. The molecule has 0 bridgehead atoms. The largest absolute Gasteiger partial charge is 0.481 e. The minimum absolute atomic E-state index is 0.160. The van der Waals surface area contributed by atoms with Crippen LogP contribution in [0.3, 0.4) is 0 Å². The fourth-order valence-corrected chi connectivity index (χ4v) is 0.962. The summed E-state index contributed by atoms with van der Waals surface area (Å²) < 4.78 is 5.24. The number of carboxylic acids is 1. The first-order chi connectivity index (χ1) is 5.50.